The molecule has 38 heavy (non-hydrogen) atoms. The zero-order valence-corrected chi connectivity index (χ0v) is 20.6. The average Bonchev–Trinajstić information content (AvgIpc) is 3.65. The van der Waals surface area contributed by atoms with Crippen molar-refractivity contribution in [2.24, 2.45) is 0 Å². The second-order valence-electron chi connectivity index (χ2n) is 9.51. The fourth-order valence-corrected chi connectivity index (χ4v) is 5.00. The molecule has 12 heteroatoms. The van der Waals surface area contributed by atoms with Gasteiger partial charge in [0.15, 0.2) is 23.2 Å². The van der Waals surface area contributed by atoms with E-state index in [1.54, 1.807) is 0 Å². The van der Waals surface area contributed by atoms with Crippen LogP contribution in [0.3, 0.4) is 0 Å². The molecule has 0 radical (unpaired) electrons. The average molecular weight is 517 g/mol. The first-order chi connectivity index (χ1) is 18.5. The molecule has 0 saturated carbocycles. The number of nitrogens with one attached hydrogen (secondary N) is 1. The van der Waals surface area contributed by atoms with Gasteiger partial charge in [-0.15, -0.1) is 5.10 Å². The Hall–Kier alpha value is -3.97. The van der Waals surface area contributed by atoms with Crippen LogP contribution in [0.2, 0.25) is 0 Å². The number of imidazole rings is 1. The van der Waals surface area contributed by atoms with E-state index in [4.69, 9.17) is 4.74 Å². The molecule has 4 heterocycles. The van der Waals surface area contributed by atoms with E-state index in [0.29, 0.717) is 23.4 Å². The van der Waals surface area contributed by atoms with Crippen molar-refractivity contribution in [2.75, 3.05) is 11.9 Å². The van der Waals surface area contributed by atoms with Gasteiger partial charge in [0.25, 0.3) is 0 Å². The van der Waals surface area contributed by atoms with Crippen molar-refractivity contribution in [3.8, 4) is 0 Å². The van der Waals surface area contributed by atoms with Crippen LogP contribution < -0.4 is 5.32 Å². The summed E-state index contributed by atoms with van der Waals surface area (Å²) >= 11 is 0. The number of para-hydroxylation sites is 1. The van der Waals surface area contributed by atoms with Crippen molar-refractivity contribution in [1.29, 1.82) is 0 Å². The minimum Gasteiger partial charge on any atom is -0.394 e. The molecule has 6 rings (SSSR count). The number of hydrogen-bond donors (Lipinski definition) is 4. The van der Waals surface area contributed by atoms with E-state index < -0.39 is 31.1 Å². The number of aliphatic hydroxyl groups excluding tert-OH is 3. The lowest BCUT2D eigenvalue weighted by atomic mass is 9.96. The van der Waals surface area contributed by atoms with Crippen LogP contribution in [-0.4, -0.2) is 74.8 Å². The van der Waals surface area contributed by atoms with E-state index in [9.17, 15) is 15.3 Å². The summed E-state index contributed by atoms with van der Waals surface area (Å²) < 4.78 is 9.08. The predicted molar refractivity (Wildman–Crippen MR) is 138 cm³/mol. The van der Waals surface area contributed by atoms with E-state index >= 15 is 0 Å². The zero-order valence-electron chi connectivity index (χ0n) is 20.6. The van der Waals surface area contributed by atoms with Gasteiger partial charge >= 0.3 is 0 Å². The topological polar surface area (TPSA) is 156 Å². The number of benzene rings is 2. The summed E-state index contributed by atoms with van der Waals surface area (Å²) in [6.07, 6.45) is -1.10. The van der Waals surface area contributed by atoms with Crippen molar-refractivity contribution >= 4 is 28.0 Å². The monoisotopic (exact) mass is 516 g/mol. The van der Waals surface area contributed by atoms with Gasteiger partial charge in [-0.2, -0.15) is 0 Å². The van der Waals surface area contributed by atoms with Gasteiger partial charge in [0.1, 0.15) is 36.3 Å². The van der Waals surface area contributed by atoms with E-state index in [1.165, 1.54) is 22.8 Å². The summed E-state index contributed by atoms with van der Waals surface area (Å²) in [6, 6.07) is 18.0. The normalized spacial score (nSPS) is 23.2. The van der Waals surface area contributed by atoms with Crippen LogP contribution in [-0.2, 0) is 4.74 Å². The highest BCUT2D eigenvalue weighted by atomic mass is 16.6. The van der Waals surface area contributed by atoms with E-state index in [0.717, 1.165) is 11.0 Å². The lowest BCUT2D eigenvalue weighted by Crippen LogP contribution is -2.33. The number of nitrogens with zero attached hydrogens (tertiary/aromatic N) is 7. The third-order valence-electron chi connectivity index (χ3n) is 7.07. The molecule has 3 aromatic heterocycles. The molecule has 4 N–H and O–H groups in total. The van der Waals surface area contributed by atoms with Crippen molar-refractivity contribution < 1.29 is 20.1 Å². The van der Waals surface area contributed by atoms with E-state index in [1.807, 2.05) is 47.1 Å². The van der Waals surface area contributed by atoms with Crippen LogP contribution in [0.25, 0.3) is 22.2 Å². The maximum Gasteiger partial charge on any atom is 0.167 e. The van der Waals surface area contributed by atoms with Gasteiger partial charge in [-0.05, 0) is 30.0 Å². The fraction of sp³-hybridized carbons (Fsp3) is 0.346. The number of fused-ring (bicyclic) bond motifs is 2. The van der Waals surface area contributed by atoms with Crippen molar-refractivity contribution in [2.45, 2.75) is 50.0 Å². The molecule has 1 saturated heterocycles. The molecular formula is C26H28N8O4. The molecule has 0 aliphatic carbocycles. The maximum atomic E-state index is 10.5. The SMILES string of the molecule is CC(CC(Nc1ncnc2c1ncn2[C@@H]1O[C@H](CO)[C@@H](O)[C@H]1O)n1nnc2ccccc21)c1ccccc1. The smallest absolute Gasteiger partial charge is 0.167 e. The summed E-state index contributed by atoms with van der Waals surface area (Å²) in [7, 11) is 0. The first kappa shape index (κ1) is 24.4. The largest absolute Gasteiger partial charge is 0.394 e. The minimum absolute atomic E-state index is 0.186. The quantitative estimate of drug-likeness (QED) is 0.240. The minimum atomic E-state index is -1.25. The molecular weight excluding hydrogens is 488 g/mol. The van der Waals surface area contributed by atoms with Crippen molar-refractivity contribution in [1.82, 2.24) is 34.5 Å². The van der Waals surface area contributed by atoms with Crippen molar-refractivity contribution in [3.05, 3.63) is 72.8 Å². The Bertz CT molecular complexity index is 1540. The Morgan fingerprint density at radius 3 is 2.58 bits per heavy atom. The second-order valence-corrected chi connectivity index (χ2v) is 9.51. The van der Waals surface area contributed by atoms with Gasteiger partial charge in [-0.3, -0.25) is 4.57 Å². The lowest BCUT2D eigenvalue weighted by molar-refractivity contribution is -0.0511. The van der Waals surface area contributed by atoms with Crippen LogP contribution in [0.5, 0.6) is 0 Å². The van der Waals surface area contributed by atoms with Crippen LogP contribution in [0.15, 0.2) is 67.3 Å². The molecule has 1 aliphatic heterocycles. The molecule has 0 spiro atoms. The molecule has 1 fully saturated rings. The molecule has 2 aromatic carbocycles. The molecule has 196 valence electrons. The summed E-state index contributed by atoms with van der Waals surface area (Å²) in [5.74, 6) is 0.663. The van der Waals surface area contributed by atoms with Gasteiger partial charge in [0, 0.05) is 0 Å². The Balaban J connectivity index is 1.36. The van der Waals surface area contributed by atoms with E-state index in [-0.39, 0.29) is 12.1 Å². The number of hydrogen-bond acceptors (Lipinski definition) is 10. The summed E-state index contributed by atoms with van der Waals surface area (Å²) in [5, 5.41) is 42.5. The van der Waals surface area contributed by atoms with Gasteiger partial charge in [-0.1, -0.05) is 54.6 Å². The highest BCUT2D eigenvalue weighted by molar-refractivity contribution is 5.83. The van der Waals surface area contributed by atoms with Crippen LogP contribution >= 0.6 is 0 Å². The molecule has 1 aliphatic rings. The Morgan fingerprint density at radius 2 is 1.79 bits per heavy atom. The van der Waals surface area contributed by atoms with E-state index in [2.05, 4.69) is 49.6 Å². The second kappa shape index (κ2) is 10.1. The highest BCUT2D eigenvalue weighted by Gasteiger charge is 2.44. The van der Waals surface area contributed by atoms with Gasteiger partial charge < -0.3 is 25.4 Å². The van der Waals surface area contributed by atoms with Crippen molar-refractivity contribution in [3.63, 3.8) is 0 Å². The highest BCUT2D eigenvalue weighted by Crippen LogP contribution is 2.34. The number of aliphatic hydroxyl groups is 3. The number of anilines is 1. The first-order valence-electron chi connectivity index (χ1n) is 12.5. The molecule has 0 bridgehead atoms. The summed E-state index contributed by atoms with van der Waals surface area (Å²) in [5.41, 5.74) is 3.74. The Kier molecular flexibility index (Phi) is 6.45. The van der Waals surface area contributed by atoms with Crippen LogP contribution in [0.4, 0.5) is 5.82 Å². The zero-order chi connectivity index (χ0) is 26.2. The third-order valence-corrected chi connectivity index (χ3v) is 7.07. The molecule has 5 aromatic rings. The van der Waals surface area contributed by atoms with Gasteiger partial charge in [-0.25, -0.2) is 19.6 Å². The van der Waals surface area contributed by atoms with Crippen LogP contribution in [0, 0.1) is 0 Å². The fourth-order valence-electron chi connectivity index (χ4n) is 5.00. The van der Waals surface area contributed by atoms with Gasteiger partial charge in [0.05, 0.1) is 18.5 Å². The lowest BCUT2D eigenvalue weighted by Gasteiger charge is -2.24. The predicted octanol–water partition coefficient (Wildman–Crippen LogP) is 1.99. The molecule has 2 unspecified atom stereocenters. The van der Waals surface area contributed by atoms with Gasteiger partial charge in [0.2, 0.25) is 0 Å². The third kappa shape index (κ3) is 4.27. The summed E-state index contributed by atoms with van der Waals surface area (Å²) in [6.45, 7) is 1.74. The molecule has 12 nitrogen and oxygen atoms in total. The maximum absolute atomic E-state index is 10.5. The number of ether oxygens (including phenoxy) is 1. The number of aromatic nitrogens is 7. The Morgan fingerprint density at radius 1 is 1.00 bits per heavy atom. The van der Waals surface area contributed by atoms with Crippen LogP contribution in [0.1, 0.15) is 37.2 Å². The number of rotatable bonds is 8. The molecule has 6 atom stereocenters. The first-order valence-corrected chi connectivity index (χ1v) is 12.5. The summed E-state index contributed by atoms with van der Waals surface area (Å²) in [4.78, 5) is 13.3. The standard InChI is InChI=1S/C26H28N8O4/c1-15(16-7-3-2-4-8-16)11-20(34-18-10-6-5-9-17(18)31-32-34)30-24-21-25(28-13-27-24)33(14-29-21)26-23(37)22(36)19(12-35)38-26/h2-10,13-15,19-20,22-23,26,35-37H,11-12H2,1H3,(H,27,28,30)/t15?,19-,20?,22-,23-,26-/m1/s1. The Labute approximate surface area is 217 Å². The molecule has 0 amide bonds.